The van der Waals surface area contributed by atoms with Crippen LogP contribution in [0.5, 0.6) is 0 Å². The Morgan fingerprint density at radius 3 is 2.57 bits per heavy atom. The summed E-state index contributed by atoms with van der Waals surface area (Å²) in [5.74, 6) is -2.82. The number of anilines is 1. The molecule has 2 heterocycles. The number of aromatic nitrogens is 2. The SMILES string of the molecule is COC1(C=O)[C@H](n2ccc(N)nc2=O)O[C@H](COC(=O)C(F)(F)F)C1(O)C=O. The molecule has 1 saturated heterocycles. The average Bonchev–Trinajstić information content (AvgIpc) is 2.87. The van der Waals surface area contributed by atoms with Gasteiger partial charge < -0.3 is 25.1 Å². The number of nitrogens with two attached hydrogens (primary N) is 1. The summed E-state index contributed by atoms with van der Waals surface area (Å²) in [5, 5.41) is 10.7. The number of aldehydes is 2. The van der Waals surface area contributed by atoms with E-state index in [1.807, 2.05) is 0 Å². The van der Waals surface area contributed by atoms with E-state index in [2.05, 4.69) is 9.72 Å². The molecule has 2 rings (SSSR count). The molecule has 0 saturated carbocycles. The number of methoxy groups -OCH3 is 1. The van der Waals surface area contributed by atoms with E-state index in [9.17, 15) is 37.5 Å². The number of nitrogens with zero attached hydrogens (tertiary/aromatic N) is 2. The van der Waals surface area contributed by atoms with Crippen LogP contribution >= 0.6 is 0 Å². The molecule has 0 aromatic carbocycles. The average molecular weight is 409 g/mol. The summed E-state index contributed by atoms with van der Waals surface area (Å²) >= 11 is 0. The highest BCUT2D eigenvalue weighted by atomic mass is 19.4. The summed E-state index contributed by atoms with van der Waals surface area (Å²) in [6, 6.07) is 1.12. The summed E-state index contributed by atoms with van der Waals surface area (Å²) in [4.78, 5) is 49.7. The van der Waals surface area contributed by atoms with Gasteiger partial charge in [-0.1, -0.05) is 0 Å². The van der Waals surface area contributed by atoms with Crippen molar-refractivity contribution in [3.8, 4) is 0 Å². The van der Waals surface area contributed by atoms with E-state index in [4.69, 9.17) is 15.2 Å². The smallest absolute Gasteiger partial charge is 0.456 e. The minimum atomic E-state index is -5.35. The molecule has 0 aliphatic carbocycles. The lowest BCUT2D eigenvalue weighted by Gasteiger charge is -2.35. The third-order valence-corrected chi connectivity index (χ3v) is 4.17. The number of rotatable bonds is 6. The summed E-state index contributed by atoms with van der Waals surface area (Å²) in [5.41, 5.74) is -1.22. The Bertz CT molecular complexity index is 844. The number of carbonyl (C=O) groups is 3. The van der Waals surface area contributed by atoms with Gasteiger partial charge in [0.1, 0.15) is 18.5 Å². The molecule has 1 aromatic heterocycles. The lowest BCUT2D eigenvalue weighted by Crippen LogP contribution is -2.62. The molecule has 4 atom stereocenters. The Kier molecular flexibility index (Phi) is 5.59. The van der Waals surface area contributed by atoms with Crippen LogP contribution in [0.25, 0.3) is 0 Å². The first kappa shape index (κ1) is 21.5. The number of aliphatic hydroxyl groups is 1. The van der Waals surface area contributed by atoms with E-state index >= 15 is 0 Å². The number of hydrogen-bond donors (Lipinski definition) is 2. The van der Waals surface area contributed by atoms with Gasteiger partial charge in [-0.2, -0.15) is 18.2 Å². The molecule has 11 nitrogen and oxygen atoms in total. The van der Waals surface area contributed by atoms with E-state index in [1.165, 1.54) is 0 Å². The molecule has 14 heteroatoms. The van der Waals surface area contributed by atoms with Crippen molar-refractivity contribution in [1.29, 1.82) is 0 Å². The topological polar surface area (TPSA) is 160 Å². The molecule has 1 fully saturated rings. The fourth-order valence-corrected chi connectivity index (χ4v) is 2.72. The maximum atomic E-state index is 12.3. The predicted molar refractivity (Wildman–Crippen MR) is 80.7 cm³/mol. The second-order valence-electron chi connectivity index (χ2n) is 5.67. The van der Waals surface area contributed by atoms with Crippen molar-refractivity contribution >= 4 is 24.4 Å². The second-order valence-corrected chi connectivity index (χ2v) is 5.67. The molecule has 2 unspecified atom stereocenters. The van der Waals surface area contributed by atoms with Gasteiger partial charge in [0, 0.05) is 13.3 Å². The number of ether oxygens (including phenoxy) is 3. The normalized spacial score (nSPS) is 30.0. The highest BCUT2D eigenvalue weighted by molar-refractivity contribution is 5.80. The fraction of sp³-hybridized carbons (Fsp3) is 0.500. The Balaban J connectivity index is 2.49. The number of nitrogen functional groups attached to an aromatic ring is 1. The number of hydrogen-bond acceptors (Lipinski definition) is 10. The monoisotopic (exact) mass is 409 g/mol. The molecule has 0 bridgehead atoms. The number of esters is 1. The van der Waals surface area contributed by atoms with Crippen molar-refractivity contribution in [3.05, 3.63) is 22.7 Å². The minimum Gasteiger partial charge on any atom is -0.456 e. The predicted octanol–water partition coefficient (Wildman–Crippen LogP) is -1.66. The van der Waals surface area contributed by atoms with E-state index in [0.717, 1.165) is 19.4 Å². The van der Waals surface area contributed by atoms with E-state index in [1.54, 1.807) is 0 Å². The van der Waals surface area contributed by atoms with Crippen LogP contribution in [0.4, 0.5) is 19.0 Å². The zero-order valence-electron chi connectivity index (χ0n) is 14.1. The lowest BCUT2D eigenvalue weighted by molar-refractivity contribution is -0.205. The van der Waals surface area contributed by atoms with Crippen molar-refractivity contribution in [3.63, 3.8) is 0 Å². The van der Waals surface area contributed by atoms with Gasteiger partial charge in [0.2, 0.25) is 5.60 Å². The Hall–Kier alpha value is -2.84. The van der Waals surface area contributed by atoms with Crippen LogP contribution in [0.15, 0.2) is 17.1 Å². The zero-order valence-corrected chi connectivity index (χ0v) is 14.1. The third kappa shape index (κ3) is 3.25. The van der Waals surface area contributed by atoms with Gasteiger partial charge in [0.05, 0.1) is 0 Å². The van der Waals surface area contributed by atoms with Gasteiger partial charge in [-0.25, -0.2) is 9.59 Å². The maximum Gasteiger partial charge on any atom is 0.490 e. The number of halogens is 3. The first-order chi connectivity index (χ1) is 13.0. The van der Waals surface area contributed by atoms with Crippen molar-refractivity contribution in [2.75, 3.05) is 19.5 Å². The van der Waals surface area contributed by atoms with E-state index < -0.39 is 48.0 Å². The molecule has 0 radical (unpaired) electrons. The van der Waals surface area contributed by atoms with Crippen LogP contribution in [-0.4, -0.2) is 70.4 Å². The first-order valence-corrected chi connectivity index (χ1v) is 7.41. The molecular formula is C14H14F3N3O8. The quantitative estimate of drug-likeness (QED) is 0.411. The van der Waals surface area contributed by atoms with Crippen molar-refractivity contribution in [2.24, 2.45) is 0 Å². The molecule has 1 aliphatic rings. The highest BCUT2D eigenvalue weighted by Gasteiger charge is 2.69. The van der Waals surface area contributed by atoms with Crippen LogP contribution in [0.2, 0.25) is 0 Å². The number of alkyl halides is 3. The molecule has 28 heavy (non-hydrogen) atoms. The molecular weight excluding hydrogens is 395 g/mol. The van der Waals surface area contributed by atoms with Gasteiger partial charge in [0.25, 0.3) is 0 Å². The standard InChI is InChI=1S/C14H14F3N3O8/c1-26-13(6-22)9(20-3-2-8(18)19-11(20)24)28-7(12(13,25)5-21)4-27-10(23)14(15,16)17/h2-3,5-7,9,25H,4H2,1H3,(H2,18,19,24)/t7-,9-,12?,13?/m1/s1. The van der Waals surface area contributed by atoms with Crippen LogP contribution < -0.4 is 11.4 Å². The van der Waals surface area contributed by atoms with Crippen LogP contribution in [-0.2, 0) is 28.6 Å². The molecule has 1 aromatic rings. The van der Waals surface area contributed by atoms with Crippen LogP contribution in [0, 0.1) is 0 Å². The molecule has 0 amide bonds. The van der Waals surface area contributed by atoms with Gasteiger partial charge in [-0.05, 0) is 6.07 Å². The third-order valence-electron chi connectivity index (χ3n) is 4.17. The second kappa shape index (κ2) is 7.29. The Labute approximate surface area is 153 Å². The first-order valence-electron chi connectivity index (χ1n) is 7.41. The van der Waals surface area contributed by atoms with E-state index in [0.29, 0.717) is 4.57 Å². The van der Waals surface area contributed by atoms with Crippen molar-refractivity contribution in [2.45, 2.75) is 29.7 Å². The summed E-state index contributed by atoms with van der Waals surface area (Å²) in [7, 11) is 0.888. The van der Waals surface area contributed by atoms with Gasteiger partial charge in [0.15, 0.2) is 24.4 Å². The number of carbonyl (C=O) groups excluding carboxylic acids is 3. The van der Waals surface area contributed by atoms with Crippen molar-refractivity contribution in [1.82, 2.24) is 9.55 Å². The summed E-state index contributed by atoms with van der Waals surface area (Å²) in [6.45, 7) is -1.28. The van der Waals surface area contributed by atoms with Gasteiger partial charge >= 0.3 is 17.8 Å². The minimum absolute atomic E-state index is 0.0551. The molecule has 3 N–H and O–H groups in total. The van der Waals surface area contributed by atoms with Crippen LogP contribution in [0.1, 0.15) is 6.23 Å². The van der Waals surface area contributed by atoms with Gasteiger partial charge in [-0.15, -0.1) is 0 Å². The Morgan fingerprint density at radius 2 is 2.11 bits per heavy atom. The van der Waals surface area contributed by atoms with Crippen molar-refractivity contribution < 1.29 is 46.9 Å². The molecule has 1 aliphatic heterocycles. The maximum absolute atomic E-state index is 12.3. The van der Waals surface area contributed by atoms with Crippen LogP contribution in [0.3, 0.4) is 0 Å². The lowest BCUT2D eigenvalue weighted by atomic mass is 9.82. The Morgan fingerprint density at radius 1 is 1.46 bits per heavy atom. The molecule has 0 spiro atoms. The zero-order chi connectivity index (χ0) is 21.3. The summed E-state index contributed by atoms with van der Waals surface area (Å²) < 4.78 is 51.8. The van der Waals surface area contributed by atoms with Gasteiger partial charge in [-0.3, -0.25) is 14.2 Å². The summed E-state index contributed by atoms with van der Waals surface area (Å²) in [6.07, 6.45) is -8.45. The highest BCUT2D eigenvalue weighted by Crippen LogP contribution is 2.45. The van der Waals surface area contributed by atoms with E-state index in [-0.39, 0.29) is 18.4 Å². The largest absolute Gasteiger partial charge is 0.490 e. The fourth-order valence-electron chi connectivity index (χ4n) is 2.72. The molecule has 154 valence electrons.